The number of hydrogen-bond acceptors (Lipinski definition) is 2. The minimum Gasteiger partial charge on any atom is -0.454 e. The van der Waals surface area contributed by atoms with Gasteiger partial charge in [-0.2, -0.15) is 0 Å². The summed E-state index contributed by atoms with van der Waals surface area (Å²) in [5.41, 5.74) is 19.0. The SMILES string of the molecule is CC(C)(C)c1ccc2c(c1)c1cc(C(C)(C)C)cc3c1n2-c1c2c(cc4c1oc1ccccc14)-c1cccc4c1N(B23)c1ccccc1[Si]41c2ccccc2-c2ccccc21. The Morgan fingerprint density at radius 3 is 1.89 bits per heavy atom. The zero-order valence-electron chi connectivity index (χ0n) is 35.3. The summed E-state index contributed by atoms with van der Waals surface area (Å²) in [4.78, 5) is 2.78. The first-order valence-corrected chi connectivity index (χ1v) is 23.9. The van der Waals surface area contributed by atoms with E-state index in [0.717, 1.165) is 16.6 Å². The molecular weight excluding hydrogens is 756 g/mol. The van der Waals surface area contributed by atoms with Gasteiger partial charge in [0.05, 0.1) is 16.7 Å². The molecule has 290 valence electrons. The Kier molecular flexibility index (Phi) is 6.18. The molecule has 2 aromatic heterocycles. The molecule has 3 nitrogen and oxygen atoms in total. The molecule has 4 aliphatic rings. The summed E-state index contributed by atoms with van der Waals surface area (Å²) in [7, 11) is -2.79. The van der Waals surface area contributed by atoms with Gasteiger partial charge in [0.1, 0.15) is 5.58 Å². The van der Waals surface area contributed by atoms with Crippen molar-refractivity contribution in [2.24, 2.45) is 0 Å². The quantitative estimate of drug-likeness (QED) is 0.143. The summed E-state index contributed by atoms with van der Waals surface area (Å²) in [5, 5.41) is 10.9. The molecule has 10 aromatic rings. The van der Waals surface area contributed by atoms with E-state index in [4.69, 9.17) is 4.42 Å². The lowest BCUT2D eigenvalue weighted by Crippen LogP contribution is -2.78. The fourth-order valence-corrected chi connectivity index (χ4v) is 17.8. The van der Waals surface area contributed by atoms with Gasteiger partial charge in [0.25, 0.3) is 0 Å². The van der Waals surface area contributed by atoms with Crippen LogP contribution in [-0.2, 0) is 10.8 Å². The number of benzene rings is 8. The van der Waals surface area contributed by atoms with Crippen LogP contribution in [0.4, 0.5) is 11.4 Å². The third-order valence-corrected chi connectivity index (χ3v) is 19.8. The van der Waals surface area contributed by atoms with E-state index in [1.54, 1.807) is 0 Å². The molecule has 1 spiro atoms. The Hall–Kier alpha value is -6.56. The van der Waals surface area contributed by atoms with Crippen molar-refractivity contribution in [1.82, 2.24) is 4.57 Å². The Balaban J connectivity index is 1.22. The molecule has 14 rings (SSSR count). The van der Waals surface area contributed by atoms with Crippen molar-refractivity contribution >= 4 is 102 Å². The third-order valence-electron chi connectivity index (χ3n) is 14.8. The average molecular weight is 799 g/mol. The van der Waals surface area contributed by atoms with Crippen LogP contribution in [0.5, 0.6) is 0 Å². The van der Waals surface area contributed by atoms with Crippen LogP contribution in [0.15, 0.2) is 156 Å². The maximum atomic E-state index is 7.13. The van der Waals surface area contributed by atoms with Gasteiger partial charge in [-0.25, -0.2) is 0 Å². The lowest BCUT2D eigenvalue weighted by Gasteiger charge is -2.50. The van der Waals surface area contributed by atoms with Gasteiger partial charge in [-0.15, -0.1) is 0 Å². The molecule has 0 saturated carbocycles. The first kappa shape index (κ1) is 34.2. The molecule has 5 heteroatoms. The molecule has 0 fully saturated rings. The Bertz CT molecular complexity index is 3600. The van der Waals surface area contributed by atoms with Crippen molar-refractivity contribution in [3.8, 4) is 27.9 Å². The lowest BCUT2D eigenvalue weighted by molar-refractivity contribution is 0.590. The predicted octanol–water partition coefficient (Wildman–Crippen LogP) is 10.2. The molecule has 0 atom stereocenters. The van der Waals surface area contributed by atoms with Gasteiger partial charge in [-0.05, 0) is 107 Å². The molecule has 0 unspecified atom stereocenters. The molecule has 0 saturated heterocycles. The summed E-state index contributed by atoms with van der Waals surface area (Å²) in [6.07, 6.45) is 0. The number of anilines is 2. The highest BCUT2D eigenvalue weighted by atomic mass is 28.3. The van der Waals surface area contributed by atoms with Crippen LogP contribution in [0.1, 0.15) is 52.7 Å². The van der Waals surface area contributed by atoms with Crippen LogP contribution in [0, 0.1) is 0 Å². The highest BCUT2D eigenvalue weighted by Gasteiger charge is 2.57. The van der Waals surface area contributed by atoms with E-state index in [9.17, 15) is 0 Å². The van der Waals surface area contributed by atoms with Gasteiger partial charge in [0.2, 0.25) is 0 Å². The van der Waals surface area contributed by atoms with E-state index in [2.05, 4.69) is 203 Å². The number of para-hydroxylation sites is 3. The zero-order valence-corrected chi connectivity index (χ0v) is 36.3. The summed E-state index contributed by atoms with van der Waals surface area (Å²) in [6.45, 7) is 14.0. The van der Waals surface area contributed by atoms with Crippen LogP contribution in [0.2, 0.25) is 0 Å². The van der Waals surface area contributed by atoms with E-state index in [-0.39, 0.29) is 17.7 Å². The monoisotopic (exact) mass is 798 g/mol. The summed E-state index contributed by atoms with van der Waals surface area (Å²) < 4.78 is 9.73. The van der Waals surface area contributed by atoms with E-state index in [0.29, 0.717) is 0 Å². The second-order valence-corrected chi connectivity index (χ2v) is 23.7. The highest BCUT2D eigenvalue weighted by Crippen LogP contribution is 2.50. The molecular formula is C56H43BN2OSi. The highest BCUT2D eigenvalue weighted by molar-refractivity contribution is 7.24. The Labute approximate surface area is 357 Å². The second kappa shape index (κ2) is 11.0. The fraction of sp³-hybridized carbons (Fsp3) is 0.143. The molecule has 0 amide bonds. The van der Waals surface area contributed by atoms with E-state index >= 15 is 0 Å². The first-order valence-electron chi connectivity index (χ1n) is 21.9. The number of rotatable bonds is 0. The number of fused-ring (bicyclic) bond motifs is 20. The average Bonchev–Trinajstić information content (AvgIpc) is 3.90. The maximum absolute atomic E-state index is 7.13. The Morgan fingerprint density at radius 2 is 1.13 bits per heavy atom. The van der Waals surface area contributed by atoms with Crippen molar-refractivity contribution in [3.05, 3.63) is 163 Å². The van der Waals surface area contributed by atoms with Crippen LogP contribution in [0.25, 0.3) is 71.7 Å². The normalized spacial score (nSPS) is 15.1. The van der Waals surface area contributed by atoms with Crippen molar-refractivity contribution in [2.45, 2.75) is 52.4 Å². The smallest absolute Gasteiger partial charge is 0.333 e. The number of hydrogen-bond donors (Lipinski definition) is 0. The fourth-order valence-electron chi connectivity index (χ4n) is 12.2. The van der Waals surface area contributed by atoms with Crippen molar-refractivity contribution in [3.63, 3.8) is 0 Å². The number of nitrogens with zero attached hydrogens (tertiary/aromatic N) is 2. The van der Waals surface area contributed by atoms with Gasteiger partial charge in [-0.1, -0.05) is 157 Å². The summed E-state index contributed by atoms with van der Waals surface area (Å²) in [6, 6.07) is 58.8. The standard InChI is InChI=1S/C56H43BN2OSi/c1-55(2,3)32-26-27-43-38(28-32)40-29-33(56(4,5)6)30-42-51(40)58(43)53-50-39(31-41-34-16-7-11-21-45(34)60-54(41)53)37-19-15-25-49-52(37)59(57(42)50)44-20-10-14-24-48(44)61(49)46-22-12-8-17-35(46)36-18-9-13-23-47(36)61/h7-31H,1-6H3. The molecule has 0 N–H and O–H groups in total. The molecule has 0 bridgehead atoms. The molecule has 61 heavy (non-hydrogen) atoms. The van der Waals surface area contributed by atoms with Crippen molar-refractivity contribution in [1.29, 1.82) is 0 Å². The maximum Gasteiger partial charge on any atom is 0.333 e. The molecule has 6 heterocycles. The van der Waals surface area contributed by atoms with E-state index in [1.807, 2.05) is 0 Å². The summed E-state index contributed by atoms with van der Waals surface area (Å²) in [5.74, 6) is 0. The van der Waals surface area contributed by atoms with Gasteiger partial charge in [0, 0.05) is 38.5 Å². The minimum absolute atomic E-state index is 0.00265. The third kappa shape index (κ3) is 3.98. The molecule has 4 aliphatic heterocycles. The largest absolute Gasteiger partial charge is 0.454 e. The van der Waals surface area contributed by atoms with Gasteiger partial charge in [0.15, 0.2) is 13.7 Å². The predicted molar refractivity (Wildman–Crippen MR) is 261 cm³/mol. The van der Waals surface area contributed by atoms with E-state index in [1.165, 1.54) is 109 Å². The molecule has 8 aromatic carbocycles. The lowest BCUT2D eigenvalue weighted by atomic mass is 9.43. The summed E-state index contributed by atoms with van der Waals surface area (Å²) >= 11 is 0. The van der Waals surface area contributed by atoms with Gasteiger partial charge in [-0.3, -0.25) is 0 Å². The van der Waals surface area contributed by atoms with Crippen LogP contribution in [-0.4, -0.2) is 19.5 Å². The van der Waals surface area contributed by atoms with E-state index < -0.39 is 8.07 Å². The van der Waals surface area contributed by atoms with Crippen molar-refractivity contribution in [2.75, 3.05) is 4.81 Å². The van der Waals surface area contributed by atoms with Gasteiger partial charge < -0.3 is 13.8 Å². The minimum atomic E-state index is -2.79. The number of furan rings is 1. The first-order chi connectivity index (χ1) is 29.5. The van der Waals surface area contributed by atoms with Crippen LogP contribution in [0.3, 0.4) is 0 Å². The topological polar surface area (TPSA) is 21.3 Å². The zero-order chi connectivity index (χ0) is 40.9. The van der Waals surface area contributed by atoms with Crippen LogP contribution >= 0.6 is 0 Å². The molecule has 0 aliphatic carbocycles. The van der Waals surface area contributed by atoms with Crippen LogP contribution < -0.4 is 36.5 Å². The number of aromatic nitrogens is 1. The van der Waals surface area contributed by atoms with Crippen molar-refractivity contribution < 1.29 is 4.42 Å². The Morgan fingerprint density at radius 1 is 0.492 bits per heavy atom. The molecule has 0 radical (unpaired) electrons. The van der Waals surface area contributed by atoms with Gasteiger partial charge >= 0.3 is 6.85 Å². The second-order valence-electron chi connectivity index (χ2n) is 20.0.